The summed E-state index contributed by atoms with van der Waals surface area (Å²) in [5.74, 6) is -0.105. The number of rotatable bonds is 19. The predicted molar refractivity (Wildman–Crippen MR) is 106 cm³/mol. The molecule has 0 radical (unpaired) electrons. The molecular weight excluding hydrogens is 332 g/mol. The zero-order chi connectivity index (χ0) is 19.5. The fourth-order valence-corrected chi connectivity index (χ4v) is 3.28. The first-order chi connectivity index (χ1) is 12.7. The Kier molecular flexibility index (Phi) is 18.6. The molecule has 0 aliphatic carbocycles. The van der Waals surface area contributed by atoms with Crippen molar-refractivity contribution >= 4 is 5.97 Å². The fraction of sp³-hybridized carbons (Fsp3) is 0.952. The highest BCUT2D eigenvalue weighted by Gasteiger charge is 2.20. The van der Waals surface area contributed by atoms with Crippen molar-refractivity contribution in [2.75, 3.05) is 35.0 Å². The Labute approximate surface area is 161 Å². The summed E-state index contributed by atoms with van der Waals surface area (Å²) < 4.78 is 21.1. The molecule has 0 fully saturated rings. The van der Waals surface area contributed by atoms with Gasteiger partial charge in [0, 0.05) is 34.4 Å². The van der Waals surface area contributed by atoms with Crippen LogP contribution in [0.2, 0.25) is 0 Å². The number of carbonyl (C=O) groups excluding carboxylic acids is 1. The Bertz CT molecular complexity index is 309. The van der Waals surface area contributed by atoms with Crippen molar-refractivity contribution in [3.8, 4) is 0 Å². The Balaban J connectivity index is 3.74. The van der Waals surface area contributed by atoms with E-state index in [0.717, 1.165) is 51.6 Å². The second-order valence-corrected chi connectivity index (χ2v) is 6.98. The van der Waals surface area contributed by atoms with Gasteiger partial charge in [-0.1, -0.05) is 51.4 Å². The average molecular weight is 375 g/mol. The van der Waals surface area contributed by atoms with E-state index >= 15 is 0 Å². The summed E-state index contributed by atoms with van der Waals surface area (Å²) in [7, 11) is 6.79. The largest absolute Gasteiger partial charge is 0.469 e. The van der Waals surface area contributed by atoms with E-state index in [1.165, 1.54) is 39.2 Å². The number of ether oxygens (including phenoxy) is 4. The van der Waals surface area contributed by atoms with Gasteiger partial charge in [0.2, 0.25) is 0 Å². The topological polar surface area (TPSA) is 54.0 Å². The number of hydrogen-bond donors (Lipinski definition) is 0. The lowest BCUT2D eigenvalue weighted by molar-refractivity contribution is -0.140. The van der Waals surface area contributed by atoms with Crippen LogP contribution in [-0.4, -0.2) is 53.2 Å². The van der Waals surface area contributed by atoms with Crippen LogP contribution in [0.15, 0.2) is 0 Å². The van der Waals surface area contributed by atoms with Crippen molar-refractivity contribution in [1.82, 2.24) is 0 Å². The summed E-state index contributed by atoms with van der Waals surface area (Å²) in [6.07, 6.45) is 14.6. The highest BCUT2D eigenvalue weighted by Crippen LogP contribution is 2.19. The maximum atomic E-state index is 11.1. The van der Waals surface area contributed by atoms with E-state index in [0.29, 0.717) is 6.42 Å². The zero-order valence-electron chi connectivity index (χ0n) is 17.6. The molecule has 0 aromatic heterocycles. The minimum absolute atomic E-state index is 0.105. The van der Waals surface area contributed by atoms with Crippen LogP contribution in [0.1, 0.15) is 83.5 Å². The van der Waals surface area contributed by atoms with Crippen molar-refractivity contribution < 1.29 is 23.7 Å². The lowest BCUT2D eigenvalue weighted by Crippen LogP contribution is -2.30. The second-order valence-electron chi connectivity index (χ2n) is 6.98. The first-order valence-electron chi connectivity index (χ1n) is 10.3. The van der Waals surface area contributed by atoms with Crippen LogP contribution in [0.4, 0.5) is 0 Å². The van der Waals surface area contributed by atoms with Gasteiger partial charge in [0.15, 0.2) is 0 Å². The van der Waals surface area contributed by atoms with Crippen LogP contribution in [0, 0.1) is 0 Å². The summed E-state index contributed by atoms with van der Waals surface area (Å²) in [5, 5.41) is 0. The lowest BCUT2D eigenvalue weighted by Gasteiger charge is -2.25. The molecule has 0 bridgehead atoms. The minimum Gasteiger partial charge on any atom is -0.469 e. The molecule has 5 heteroatoms. The van der Waals surface area contributed by atoms with Gasteiger partial charge in [0.05, 0.1) is 19.3 Å². The summed E-state index contributed by atoms with van der Waals surface area (Å²) in [5.41, 5.74) is 0. The summed E-state index contributed by atoms with van der Waals surface area (Å²) in [6.45, 7) is 0.870. The third-order valence-corrected chi connectivity index (χ3v) is 4.95. The SMILES string of the molecule is COCCCCCCCC(OC)C(CCCCCCCC(=O)OC)OC. The van der Waals surface area contributed by atoms with Gasteiger partial charge in [0.25, 0.3) is 0 Å². The number of methoxy groups -OCH3 is 4. The van der Waals surface area contributed by atoms with Crippen molar-refractivity contribution in [2.24, 2.45) is 0 Å². The van der Waals surface area contributed by atoms with E-state index in [4.69, 9.17) is 14.2 Å². The monoisotopic (exact) mass is 374 g/mol. The van der Waals surface area contributed by atoms with Gasteiger partial charge in [-0.05, 0) is 25.7 Å². The molecule has 0 aliphatic heterocycles. The van der Waals surface area contributed by atoms with E-state index in [9.17, 15) is 4.79 Å². The molecule has 0 N–H and O–H groups in total. The zero-order valence-corrected chi connectivity index (χ0v) is 17.6. The van der Waals surface area contributed by atoms with E-state index in [1.807, 2.05) is 0 Å². The lowest BCUT2D eigenvalue weighted by atomic mass is 9.99. The fourth-order valence-electron chi connectivity index (χ4n) is 3.28. The van der Waals surface area contributed by atoms with Crippen molar-refractivity contribution in [2.45, 2.75) is 95.7 Å². The van der Waals surface area contributed by atoms with Crippen LogP contribution in [0.3, 0.4) is 0 Å². The normalized spacial score (nSPS) is 13.5. The Morgan fingerprint density at radius 1 is 0.654 bits per heavy atom. The van der Waals surface area contributed by atoms with Gasteiger partial charge in [-0.3, -0.25) is 4.79 Å². The first kappa shape index (κ1) is 25.4. The van der Waals surface area contributed by atoms with E-state index < -0.39 is 0 Å². The predicted octanol–water partition coefficient (Wildman–Crippen LogP) is 4.91. The Hall–Kier alpha value is -0.650. The van der Waals surface area contributed by atoms with Crippen LogP contribution >= 0.6 is 0 Å². The minimum atomic E-state index is -0.105. The van der Waals surface area contributed by atoms with Gasteiger partial charge in [-0.2, -0.15) is 0 Å². The number of hydrogen-bond acceptors (Lipinski definition) is 5. The molecule has 0 amide bonds. The maximum Gasteiger partial charge on any atom is 0.305 e. The summed E-state index contributed by atoms with van der Waals surface area (Å²) in [6, 6.07) is 0. The van der Waals surface area contributed by atoms with E-state index in [1.54, 1.807) is 21.3 Å². The molecule has 5 nitrogen and oxygen atoms in total. The van der Waals surface area contributed by atoms with Gasteiger partial charge in [-0.25, -0.2) is 0 Å². The molecule has 26 heavy (non-hydrogen) atoms. The van der Waals surface area contributed by atoms with Crippen LogP contribution < -0.4 is 0 Å². The van der Waals surface area contributed by atoms with Gasteiger partial charge < -0.3 is 18.9 Å². The number of unbranched alkanes of at least 4 members (excludes halogenated alkanes) is 8. The van der Waals surface area contributed by atoms with Crippen molar-refractivity contribution in [3.63, 3.8) is 0 Å². The third kappa shape index (κ3) is 14.5. The first-order valence-corrected chi connectivity index (χ1v) is 10.3. The van der Waals surface area contributed by atoms with Gasteiger partial charge in [0.1, 0.15) is 0 Å². The molecule has 156 valence electrons. The summed E-state index contributed by atoms with van der Waals surface area (Å²) in [4.78, 5) is 11.1. The standard InChI is InChI=1S/C21H42O5/c1-23-18-14-10-6-8-12-16-20(25-3)19(24-2)15-11-7-5-9-13-17-21(22)26-4/h19-20H,5-18H2,1-4H3. The Morgan fingerprint density at radius 2 is 1.12 bits per heavy atom. The third-order valence-electron chi connectivity index (χ3n) is 4.95. The molecule has 0 saturated heterocycles. The molecular formula is C21H42O5. The smallest absolute Gasteiger partial charge is 0.305 e. The number of carbonyl (C=O) groups is 1. The summed E-state index contributed by atoms with van der Waals surface area (Å²) >= 11 is 0. The molecule has 0 rings (SSSR count). The van der Waals surface area contributed by atoms with Crippen LogP contribution in [0.25, 0.3) is 0 Å². The molecule has 0 aromatic rings. The molecule has 0 aliphatic rings. The Morgan fingerprint density at radius 3 is 1.58 bits per heavy atom. The van der Waals surface area contributed by atoms with Gasteiger partial charge >= 0.3 is 5.97 Å². The van der Waals surface area contributed by atoms with Crippen molar-refractivity contribution in [1.29, 1.82) is 0 Å². The molecule has 2 unspecified atom stereocenters. The molecule has 0 aromatic carbocycles. The molecule has 0 saturated carbocycles. The number of esters is 1. The molecule has 0 spiro atoms. The second kappa shape index (κ2) is 19.1. The highest BCUT2D eigenvalue weighted by molar-refractivity contribution is 5.68. The molecule has 0 heterocycles. The van der Waals surface area contributed by atoms with Crippen molar-refractivity contribution in [3.05, 3.63) is 0 Å². The van der Waals surface area contributed by atoms with Crippen LogP contribution in [-0.2, 0) is 23.7 Å². The average Bonchev–Trinajstić information content (AvgIpc) is 2.66. The van der Waals surface area contributed by atoms with E-state index in [2.05, 4.69) is 4.74 Å². The molecule has 2 atom stereocenters. The highest BCUT2D eigenvalue weighted by atomic mass is 16.5. The van der Waals surface area contributed by atoms with E-state index in [-0.39, 0.29) is 18.2 Å². The van der Waals surface area contributed by atoms with Gasteiger partial charge in [-0.15, -0.1) is 0 Å². The van der Waals surface area contributed by atoms with Crippen LogP contribution in [0.5, 0.6) is 0 Å². The quantitative estimate of drug-likeness (QED) is 0.238. The maximum absolute atomic E-state index is 11.1.